The first-order chi connectivity index (χ1) is 21.5. The van der Waals surface area contributed by atoms with Gasteiger partial charge >= 0.3 is 6.09 Å². The SMILES string of the molecule is Cc1ccc2c(CC(=O)CC(C)C)cccc2c1Oc1ncccc1-c1ccnc(N[C@H]2CCCN(C(=O)OC(C)(C)C)C2)n1. The Morgan fingerprint density at radius 3 is 2.62 bits per heavy atom. The Hall–Kier alpha value is -4.53. The molecule has 0 spiro atoms. The van der Waals surface area contributed by atoms with Crippen LogP contribution in [0, 0.1) is 12.8 Å². The second-order valence-electron chi connectivity index (χ2n) is 13.2. The van der Waals surface area contributed by atoms with Crippen molar-refractivity contribution in [1.82, 2.24) is 19.9 Å². The molecule has 1 atom stereocenters. The Kier molecular flexibility index (Phi) is 9.65. The number of hydrogen-bond donors (Lipinski definition) is 1. The van der Waals surface area contributed by atoms with Crippen LogP contribution in [-0.4, -0.2) is 56.5 Å². The van der Waals surface area contributed by atoms with Crippen molar-refractivity contribution in [3.8, 4) is 22.9 Å². The van der Waals surface area contributed by atoms with E-state index in [1.165, 1.54) is 0 Å². The molecule has 9 heteroatoms. The van der Waals surface area contributed by atoms with Gasteiger partial charge in [-0.2, -0.15) is 0 Å². The summed E-state index contributed by atoms with van der Waals surface area (Å²) in [6, 6.07) is 15.7. The third-order valence-electron chi connectivity index (χ3n) is 7.63. The van der Waals surface area contributed by atoms with E-state index in [0.29, 0.717) is 55.1 Å². The minimum absolute atomic E-state index is 0.00825. The van der Waals surface area contributed by atoms with Gasteiger partial charge in [0.05, 0.1) is 11.3 Å². The number of pyridine rings is 1. The zero-order valence-electron chi connectivity index (χ0n) is 27.1. The van der Waals surface area contributed by atoms with Gasteiger partial charge in [0.2, 0.25) is 11.8 Å². The smallest absolute Gasteiger partial charge is 0.410 e. The topological polar surface area (TPSA) is 107 Å². The van der Waals surface area contributed by atoms with Gasteiger partial charge < -0.3 is 19.7 Å². The van der Waals surface area contributed by atoms with Crippen LogP contribution in [0.1, 0.15) is 65.0 Å². The van der Waals surface area contributed by atoms with E-state index in [9.17, 15) is 9.59 Å². The third-order valence-corrected chi connectivity index (χ3v) is 7.63. The van der Waals surface area contributed by atoms with E-state index in [1.54, 1.807) is 17.3 Å². The molecule has 1 amide bonds. The largest absolute Gasteiger partial charge is 0.444 e. The lowest BCUT2D eigenvalue weighted by Crippen LogP contribution is -2.47. The van der Waals surface area contributed by atoms with Crippen molar-refractivity contribution in [2.45, 2.75) is 78.9 Å². The normalized spacial score (nSPS) is 15.3. The minimum Gasteiger partial charge on any atom is -0.444 e. The molecule has 0 saturated carbocycles. The summed E-state index contributed by atoms with van der Waals surface area (Å²) in [5, 5.41) is 5.34. The van der Waals surface area contributed by atoms with Crippen molar-refractivity contribution in [2.75, 3.05) is 18.4 Å². The molecule has 1 fully saturated rings. The maximum Gasteiger partial charge on any atom is 0.410 e. The van der Waals surface area contributed by atoms with Crippen molar-refractivity contribution in [2.24, 2.45) is 5.92 Å². The molecule has 4 aromatic rings. The van der Waals surface area contributed by atoms with E-state index >= 15 is 0 Å². The molecule has 3 heterocycles. The quantitative estimate of drug-likeness (QED) is 0.205. The summed E-state index contributed by atoms with van der Waals surface area (Å²) in [4.78, 5) is 40.9. The molecule has 2 aromatic heterocycles. The lowest BCUT2D eigenvalue weighted by atomic mass is 9.95. The molecule has 9 nitrogen and oxygen atoms in total. The number of carbonyl (C=O) groups is 2. The Balaban J connectivity index is 1.38. The second-order valence-corrected chi connectivity index (χ2v) is 13.2. The van der Waals surface area contributed by atoms with Gasteiger partial charge in [0.1, 0.15) is 17.1 Å². The van der Waals surface area contributed by atoms with Crippen molar-refractivity contribution < 1.29 is 19.1 Å². The summed E-state index contributed by atoms with van der Waals surface area (Å²) in [6.45, 7) is 12.9. The number of anilines is 1. The number of amides is 1. The predicted octanol–water partition coefficient (Wildman–Crippen LogP) is 7.76. The average molecular weight is 610 g/mol. The van der Waals surface area contributed by atoms with E-state index < -0.39 is 5.60 Å². The standard InChI is InChI=1S/C36H43N5O4/c1-23(2)20-27(42)21-25-10-7-12-29-28(25)15-14-24(3)32(29)44-33-30(13-8-17-37-33)31-16-18-38-34(40-31)39-26-11-9-19-41(22-26)35(43)45-36(4,5)6/h7-8,10,12-18,23,26H,9,11,19-22H2,1-6H3,(H,38,39,40)/t26-/m0/s1. The van der Waals surface area contributed by atoms with Gasteiger partial charge in [-0.3, -0.25) is 4.79 Å². The van der Waals surface area contributed by atoms with Crippen LogP contribution in [-0.2, 0) is 16.0 Å². The number of ketones is 1. The number of Topliss-reactive ketones (excluding diaryl/α,β-unsaturated/α-hetero) is 1. The number of aromatic nitrogens is 3. The number of aryl methyl sites for hydroxylation is 1. The van der Waals surface area contributed by atoms with E-state index in [4.69, 9.17) is 14.5 Å². The first-order valence-electron chi connectivity index (χ1n) is 15.7. The summed E-state index contributed by atoms with van der Waals surface area (Å²) in [5.41, 5.74) is 2.79. The number of nitrogens with zero attached hydrogens (tertiary/aromatic N) is 4. The van der Waals surface area contributed by atoms with Gasteiger partial charge in [0, 0.05) is 49.8 Å². The highest BCUT2D eigenvalue weighted by Crippen LogP contribution is 2.37. The monoisotopic (exact) mass is 609 g/mol. The lowest BCUT2D eigenvalue weighted by molar-refractivity contribution is -0.119. The minimum atomic E-state index is -0.544. The molecule has 236 valence electrons. The summed E-state index contributed by atoms with van der Waals surface area (Å²) < 4.78 is 12.1. The number of rotatable bonds is 9. The zero-order chi connectivity index (χ0) is 32.1. The van der Waals surface area contributed by atoms with E-state index in [-0.39, 0.29) is 17.9 Å². The first-order valence-corrected chi connectivity index (χ1v) is 15.7. The highest BCUT2D eigenvalue weighted by molar-refractivity contribution is 5.95. The van der Waals surface area contributed by atoms with E-state index in [0.717, 1.165) is 40.3 Å². The number of nitrogens with one attached hydrogen (secondary N) is 1. The average Bonchev–Trinajstić information content (AvgIpc) is 2.98. The molecular weight excluding hydrogens is 566 g/mol. The van der Waals surface area contributed by atoms with Crippen LogP contribution in [0.5, 0.6) is 11.6 Å². The number of piperidine rings is 1. The summed E-state index contributed by atoms with van der Waals surface area (Å²) in [7, 11) is 0. The van der Waals surface area contributed by atoms with Gasteiger partial charge in [-0.15, -0.1) is 0 Å². The maximum absolute atomic E-state index is 12.7. The molecule has 5 rings (SSSR count). The fraction of sp³-hybridized carbons (Fsp3) is 0.417. The van der Waals surface area contributed by atoms with Crippen molar-refractivity contribution in [1.29, 1.82) is 0 Å². The molecule has 1 saturated heterocycles. The molecule has 1 aliphatic rings. The number of likely N-dealkylation sites (tertiary alicyclic amines) is 1. The molecule has 0 aliphatic carbocycles. The van der Waals surface area contributed by atoms with Crippen molar-refractivity contribution in [3.05, 3.63) is 72.1 Å². The maximum atomic E-state index is 12.7. The molecular formula is C36H43N5O4. The van der Waals surface area contributed by atoms with Gasteiger partial charge in [-0.1, -0.05) is 44.2 Å². The second kappa shape index (κ2) is 13.6. The van der Waals surface area contributed by atoms with Gasteiger partial charge in [-0.25, -0.2) is 19.7 Å². The first kappa shape index (κ1) is 31.9. The van der Waals surface area contributed by atoms with Crippen LogP contribution < -0.4 is 10.1 Å². The van der Waals surface area contributed by atoms with E-state index in [1.807, 2.05) is 70.2 Å². The lowest BCUT2D eigenvalue weighted by Gasteiger charge is -2.34. The number of fused-ring (bicyclic) bond motifs is 1. The van der Waals surface area contributed by atoms with Gasteiger partial charge in [0.15, 0.2) is 0 Å². The Morgan fingerprint density at radius 2 is 1.84 bits per heavy atom. The fourth-order valence-electron chi connectivity index (χ4n) is 5.65. The predicted molar refractivity (Wildman–Crippen MR) is 177 cm³/mol. The van der Waals surface area contributed by atoms with Crippen LogP contribution >= 0.6 is 0 Å². The Labute approximate surface area is 265 Å². The molecule has 1 aliphatic heterocycles. The summed E-state index contributed by atoms with van der Waals surface area (Å²) in [5.74, 6) is 2.14. The van der Waals surface area contributed by atoms with Gasteiger partial charge in [-0.05, 0) is 81.2 Å². The fourth-order valence-corrected chi connectivity index (χ4v) is 5.65. The number of hydrogen-bond acceptors (Lipinski definition) is 8. The van der Waals surface area contributed by atoms with Crippen molar-refractivity contribution >= 4 is 28.6 Å². The summed E-state index contributed by atoms with van der Waals surface area (Å²) >= 11 is 0. The van der Waals surface area contributed by atoms with Crippen LogP contribution in [0.15, 0.2) is 60.9 Å². The van der Waals surface area contributed by atoms with Crippen molar-refractivity contribution in [3.63, 3.8) is 0 Å². The Morgan fingerprint density at radius 1 is 1.02 bits per heavy atom. The van der Waals surface area contributed by atoms with Crippen LogP contribution in [0.25, 0.3) is 22.0 Å². The molecule has 1 N–H and O–H groups in total. The number of ether oxygens (including phenoxy) is 2. The molecule has 2 aromatic carbocycles. The third kappa shape index (κ3) is 8.15. The van der Waals surface area contributed by atoms with Crippen LogP contribution in [0.3, 0.4) is 0 Å². The zero-order valence-corrected chi connectivity index (χ0v) is 27.1. The molecule has 45 heavy (non-hydrogen) atoms. The van der Waals surface area contributed by atoms with Crippen LogP contribution in [0.2, 0.25) is 0 Å². The number of carbonyl (C=O) groups excluding carboxylic acids is 2. The molecule has 0 unspecified atom stereocenters. The van der Waals surface area contributed by atoms with Crippen LogP contribution in [0.4, 0.5) is 10.7 Å². The van der Waals surface area contributed by atoms with Gasteiger partial charge in [0.25, 0.3) is 0 Å². The highest BCUT2D eigenvalue weighted by Gasteiger charge is 2.28. The summed E-state index contributed by atoms with van der Waals surface area (Å²) in [6.07, 6.45) is 5.79. The molecule has 0 bridgehead atoms. The van der Waals surface area contributed by atoms with E-state index in [2.05, 4.69) is 35.2 Å². The molecule has 0 radical (unpaired) electrons. The Bertz CT molecular complexity index is 1680. The highest BCUT2D eigenvalue weighted by atomic mass is 16.6. The number of benzene rings is 2.